The Balaban J connectivity index is 1.47. The van der Waals surface area contributed by atoms with E-state index in [9.17, 15) is 18.8 Å². The Kier molecular flexibility index (Phi) is 6.43. The van der Waals surface area contributed by atoms with Crippen molar-refractivity contribution in [2.75, 3.05) is 41.7 Å². The van der Waals surface area contributed by atoms with Gasteiger partial charge in [-0.3, -0.25) is 14.4 Å². The van der Waals surface area contributed by atoms with Crippen LogP contribution in [0.4, 0.5) is 21.5 Å². The van der Waals surface area contributed by atoms with E-state index in [1.807, 2.05) is 4.90 Å². The molecule has 0 aromatic heterocycles. The molecule has 0 aliphatic carbocycles. The molecule has 0 radical (unpaired) electrons. The predicted octanol–water partition coefficient (Wildman–Crippen LogP) is 2.46. The zero-order valence-electron chi connectivity index (χ0n) is 16.2. The van der Waals surface area contributed by atoms with Crippen molar-refractivity contribution < 1.29 is 18.8 Å². The van der Waals surface area contributed by atoms with Gasteiger partial charge in [0, 0.05) is 44.5 Å². The first-order valence-electron chi connectivity index (χ1n) is 9.37. The van der Waals surface area contributed by atoms with Gasteiger partial charge in [0.15, 0.2) is 0 Å². The quantitative estimate of drug-likeness (QED) is 0.758. The molecule has 3 rings (SSSR count). The number of halogens is 1. The minimum absolute atomic E-state index is 0.178. The summed E-state index contributed by atoms with van der Waals surface area (Å²) in [7, 11) is 0. The average molecular weight is 398 g/mol. The van der Waals surface area contributed by atoms with Crippen LogP contribution < -0.4 is 15.5 Å². The number of anilines is 3. The molecule has 2 aromatic carbocycles. The van der Waals surface area contributed by atoms with Gasteiger partial charge in [0.2, 0.25) is 17.7 Å². The van der Waals surface area contributed by atoms with Gasteiger partial charge in [-0.15, -0.1) is 0 Å². The van der Waals surface area contributed by atoms with Crippen molar-refractivity contribution in [1.29, 1.82) is 0 Å². The summed E-state index contributed by atoms with van der Waals surface area (Å²) in [6.07, 6.45) is -0.257. The Morgan fingerprint density at radius 2 is 1.48 bits per heavy atom. The molecule has 0 spiro atoms. The van der Waals surface area contributed by atoms with Crippen LogP contribution in [-0.2, 0) is 14.4 Å². The highest BCUT2D eigenvalue weighted by Crippen LogP contribution is 2.20. The maximum Gasteiger partial charge on any atom is 0.233 e. The number of rotatable bonds is 5. The maximum atomic E-state index is 13.9. The van der Waals surface area contributed by atoms with Crippen molar-refractivity contribution in [3.63, 3.8) is 0 Å². The van der Waals surface area contributed by atoms with Crippen LogP contribution in [0.1, 0.15) is 13.3 Å². The second-order valence-electron chi connectivity index (χ2n) is 6.80. The van der Waals surface area contributed by atoms with E-state index in [0.717, 1.165) is 0 Å². The van der Waals surface area contributed by atoms with E-state index < -0.39 is 5.91 Å². The van der Waals surface area contributed by atoms with Crippen LogP contribution in [-0.4, -0.2) is 48.8 Å². The summed E-state index contributed by atoms with van der Waals surface area (Å²) in [5.74, 6) is -1.12. The zero-order valence-corrected chi connectivity index (χ0v) is 16.2. The van der Waals surface area contributed by atoms with Gasteiger partial charge >= 0.3 is 0 Å². The van der Waals surface area contributed by atoms with Gasteiger partial charge in [-0.25, -0.2) is 4.39 Å². The fraction of sp³-hybridized carbons (Fsp3) is 0.286. The van der Waals surface area contributed by atoms with Gasteiger partial charge in [-0.1, -0.05) is 12.1 Å². The molecule has 29 heavy (non-hydrogen) atoms. The Morgan fingerprint density at radius 3 is 2.07 bits per heavy atom. The first kappa shape index (κ1) is 20.3. The number of benzene rings is 2. The summed E-state index contributed by atoms with van der Waals surface area (Å²) in [6, 6.07) is 13.2. The van der Waals surface area contributed by atoms with Crippen molar-refractivity contribution in [1.82, 2.24) is 4.90 Å². The molecule has 0 atom stereocenters. The van der Waals surface area contributed by atoms with Crippen molar-refractivity contribution >= 4 is 34.8 Å². The molecule has 2 aromatic rings. The third-order valence-corrected chi connectivity index (χ3v) is 4.63. The lowest BCUT2D eigenvalue weighted by atomic mass is 10.2. The van der Waals surface area contributed by atoms with Gasteiger partial charge in [-0.05, 0) is 36.4 Å². The SMILES string of the molecule is CC(=O)Nc1ccc(NC(=O)CC(=O)N2CCN(c3ccccc3F)CC2)cc1. The van der Waals surface area contributed by atoms with Gasteiger partial charge < -0.3 is 20.4 Å². The Labute approximate surface area is 168 Å². The predicted molar refractivity (Wildman–Crippen MR) is 109 cm³/mol. The Bertz CT molecular complexity index is 893. The lowest BCUT2D eigenvalue weighted by Gasteiger charge is -2.36. The van der Waals surface area contributed by atoms with Crippen LogP contribution in [0.25, 0.3) is 0 Å². The van der Waals surface area contributed by atoms with Gasteiger partial charge in [-0.2, -0.15) is 0 Å². The second-order valence-corrected chi connectivity index (χ2v) is 6.80. The summed E-state index contributed by atoms with van der Waals surface area (Å²) in [4.78, 5) is 39.1. The van der Waals surface area contributed by atoms with Crippen LogP contribution >= 0.6 is 0 Å². The Hall–Kier alpha value is -3.42. The number of nitrogens with zero attached hydrogens (tertiary/aromatic N) is 2. The van der Waals surface area contributed by atoms with Crippen molar-refractivity contribution in [3.8, 4) is 0 Å². The number of piperazine rings is 1. The number of hydrogen-bond donors (Lipinski definition) is 2. The van der Waals surface area contributed by atoms with E-state index in [0.29, 0.717) is 43.2 Å². The molecule has 1 aliphatic rings. The van der Waals surface area contributed by atoms with Crippen LogP contribution in [0.5, 0.6) is 0 Å². The fourth-order valence-corrected chi connectivity index (χ4v) is 3.20. The zero-order chi connectivity index (χ0) is 20.8. The molecule has 2 N–H and O–H groups in total. The van der Waals surface area contributed by atoms with E-state index >= 15 is 0 Å². The van der Waals surface area contributed by atoms with Gasteiger partial charge in [0.1, 0.15) is 12.2 Å². The molecule has 152 valence electrons. The molecule has 1 heterocycles. The van der Waals surface area contributed by atoms with Crippen LogP contribution in [0.15, 0.2) is 48.5 Å². The number of hydrogen-bond acceptors (Lipinski definition) is 4. The highest BCUT2D eigenvalue weighted by molar-refractivity contribution is 6.03. The summed E-state index contributed by atoms with van der Waals surface area (Å²) >= 11 is 0. The highest BCUT2D eigenvalue weighted by atomic mass is 19.1. The molecule has 7 nitrogen and oxygen atoms in total. The molecule has 1 aliphatic heterocycles. The van der Waals surface area contributed by atoms with Crippen molar-refractivity contribution in [2.24, 2.45) is 0 Å². The van der Waals surface area contributed by atoms with Crippen LogP contribution in [0, 0.1) is 5.82 Å². The smallest absolute Gasteiger partial charge is 0.233 e. The number of carbonyl (C=O) groups is 3. The van der Waals surface area contributed by atoms with Gasteiger partial charge in [0.05, 0.1) is 5.69 Å². The minimum Gasteiger partial charge on any atom is -0.366 e. The fourth-order valence-electron chi connectivity index (χ4n) is 3.20. The maximum absolute atomic E-state index is 13.9. The third kappa shape index (κ3) is 5.54. The average Bonchev–Trinajstić information content (AvgIpc) is 2.69. The number of amides is 3. The molecule has 3 amide bonds. The molecule has 0 saturated carbocycles. The summed E-state index contributed by atoms with van der Waals surface area (Å²) < 4.78 is 13.9. The normalized spacial score (nSPS) is 13.7. The van der Waals surface area contributed by atoms with E-state index in [4.69, 9.17) is 0 Å². The monoisotopic (exact) mass is 398 g/mol. The van der Waals surface area contributed by atoms with Crippen LogP contribution in [0.3, 0.4) is 0 Å². The number of nitrogens with one attached hydrogen (secondary N) is 2. The first-order chi connectivity index (χ1) is 13.9. The highest BCUT2D eigenvalue weighted by Gasteiger charge is 2.24. The first-order valence-corrected chi connectivity index (χ1v) is 9.37. The lowest BCUT2D eigenvalue weighted by molar-refractivity contribution is -0.134. The second kappa shape index (κ2) is 9.18. The Morgan fingerprint density at radius 1 is 0.897 bits per heavy atom. The molecular formula is C21H23FN4O3. The molecule has 1 fully saturated rings. The van der Waals surface area contributed by atoms with E-state index in [1.54, 1.807) is 47.4 Å². The van der Waals surface area contributed by atoms with Crippen molar-refractivity contribution in [3.05, 3.63) is 54.3 Å². The molecule has 0 unspecified atom stereocenters. The van der Waals surface area contributed by atoms with E-state index in [2.05, 4.69) is 10.6 Å². The summed E-state index contributed by atoms with van der Waals surface area (Å²) in [5.41, 5.74) is 1.70. The van der Waals surface area contributed by atoms with E-state index in [-0.39, 0.29) is 24.1 Å². The summed E-state index contributed by atoms with van der Waals surface area (Å²) in [6.45, 7) is 3.31. The summed E-state index contributed by atoms with van der Waals surface area (Å²) in [5, 5.41) is 5.31. The van der Waals surface area contributed by atoms with Crippen LogP contribution in [0.2, 0.25) is 0 Å². The van der Waals surface area contributed by atoms with E-state index in [1.165, 1.54) is 13.0 Å². The number of carbonyl (C=O) groups excluding carboxylic acids is 3. The minimum atomic E-state index is -0.404. The molecule has 8 heteroatoms. The third-order valence-electron chi connectivity index (χ3n) is 4.63. The standard InChI is InChI=1S/C21H23FN4O3/c1-15(27)23-16-6-8-17(9-7-16)24-20(28)14-21(29)26-12-10-25(11-13-26)19-5-3-2-4-18(19)22/h2-9H,10-14H2,1H3,(H,23,27)(H,24,28). The largest absolute Gasteiger partial charge is 0.366 e. The van der Waals surface area contributed by atoms with Crippen molar-refractivity contribution in [2.45, 2.75) is 13.3 Å². The molecule has 0 bridgehead atoms. The molecular weight excluding hydrogens is 375 g/mol. The lowest BCUT2D eigenvalue weighted by Crippen LogP contribution is -2.49. The topological polar surface area (TPSA) is 81.8 Å². The van der Waals surface area contributed by atoms with Gasteiger partial charge in [0.25, 0.3) is 0 Å². The molecule has 1 saturated heterocycles. The number of para-hydroxylation sites is 1.